The summed E-state index contributed by atoms with van der Waals surface area (Å²) in [6.07, 6.45) is 8.35. The Labute approximate surface area is 173 Å². The largest absolute Gasteiger partial charge is 0.451 e. The van der Waals surface area contributed by atoms with Gasteiger partial charge in [0.25, 0.3) is 11.7 Å². The number of hydrogen-bond donors (Lipinski definition) is 1. The molecule has 2 aliphatic carbocycles. The van der Waals surface area contributed by atoms with Crippen LogP contribution in [0.4, 0.5) is 5.69 Å². The topological polar surface area (TPSA) is 73.9 Å². The van der Waals surface area contributed by atoms with Crippen molar-refractivity contribution in [2.75, 3.05) is 11.9 Å². The molecule has 5 rings (SSSR count). The zero-order valence-corrected chi connectivity index (χ0v) is 16.9. The molecule has 0 bridgehead atoms. The predicted molar refractivity (Wildman–Crippen MR) is 109 cm³/mol. The Morgan fingerprint density at radius 1 is 1.03 bits per heavy atom. The van der Waals surface area contributed by atoms with E-state index in [2.05, 4.69) is 5.32 Å². The molecule has 1 aliphatic heterocycles. The van der Waals surface area contributed by atoms with Gasteiger partial charge in [0.05, 0.1) is 0 Å². The van der Waals surface area contributed by atoms with E-state index in [9.17, 15) is 9.59 Å². The number of esters is 1. The van der Waals surface area contributed by atoms with Crippen molar-refractivity contribution in [2.45, 2.75) is 57.2 Å². The van der Waals surface area contributed by atoms with Crippen molar-refractivity contribution in [3.8, 4) is 11.5 Å². The van der Waals surface area contributed by atoms with E-state index in [1.54, 1.807) is 12.1 Å². The molecule has 1 aromatic heterocycles. The number of nitrogens with one attached hydrogen (secondary N) is 1. The summed E-state index contributed by atoms with van der Waals surface area (Å²) in [5.74, 6) is -0.00486. The van der Waals surface area contributed by atoms with Gasteiger partial charge in [-0.05, 0) is 55.9 Å². The van der Waals surface area contributed by atoms with Crippen molar-refractivity contribution >= 4 is 28.9 Å². The minimum Gasteiger partial charge on any atom is -0.451 e. The molecule has 1 saturated carbocycles. The monoisotopic (exact) mass is 413 g/mol. The van der Waals surface area contributed by atoms with Gasteiger partial charge in [-0.2, -0.15) is 0 Å². The molecular weight excluding hydrogens is 390 g/mol. The number of benzene rings is 1. The van der Waals surface area contributed by atoms with Gasteiger partial charge in [-0.15, -0.1) is 11.3 Å². The lowest BCUT2D eigenvalue weighted by molar-refractivity contribution is -0.119. The van der Waals surface area contributed by atoms with E-state index < -0.39 is 11.8 Å². The van der Waals surface area contributed by atoms with Crippen LogP contribution >= 0.6 is 11.3 Å². The number of hydrogen-bond acceptors (Lipinski definition) is 6. The summed E-state index contributed by atoms with van der Waals surface area (Å²) in [7, 11) is 0. The van der Waals surface area contributed by atoms with Crippen LogP contribution in [0.5, 0.6) is 11.5 Å². The molecule has 3 aliphatic rings. The number of aryl methyl sites for hydroxylation is 2. The van der Waals surface area contributed by atoms with Crippen molar-refractivity contribution in [3.63, 3.8) is 0 Å². The third kappa shape index (κ3) is 3.71. The highest BCUT2D eigenvalue weighted by Crippen LogP contribution is 2.46. The van der Waals surface area contributed by atoms with Crippen molar-refractivity contribution in [3.05, 3.63) is 39.6 Å². The van der Waals surface area contributed by atoms with Gasteiger partial charge in [-0.3, -0.25) is 4.79 Å². The van der Waals surface area contributed by atoms with Crippen LogP contribution in [0, 0.1) is 0 Å². The summed E-state index contributed by atoms with van der Waals surface area (Å²) in [5, 5.41) is 2.76. The third-order valence-corrected chi connectivity index (χ3v) is 6.93. The van der Waals surface area contributed by atoms with Gasteiger partial charge in [0.2, 0.25) is 0 Å². The Balaban J connectivity index is 1.16. The normalized spacial score (nSPS) is 18.5. The van der Waals surface area contributed by atoms with Crippen molar-refractivity contribution in [2.24, 2.45) is 0 Å². The molecule has 1 amide bonds. The van der Waals surface area contributed by atoms with Crippen molar-refractivity contribution in [1.29, 1.82) is 0 Å². The number of fused-ring (bicyclic) bond motifs is 2. The van der Waals surface area contributed by atoms with Crippen LogP contribution < -0.4 is 14.8 Å². The Bertz CT molecular complexity index is 939. The molecule has 7 heteroatoms. The van der Waals surface area contributed by atoms with Crippen LogP contribution in [-0.2, 0) is 22.4 Å². The van der Waals surface area contributed by atoms with Gasteiger partial charge in [0, 0.05) is 29.5 Å². The molecule has 152 valence electrons. The molecule has 1 aromatic carbocycles. The lowest BCUT2D eigenvalue weighted by atomic mass is 9.94. The fourth-order valence-corrected chi connectivity index (χ4v) is 5.44. The Hall–Kier alpha value is -2.54. The number of carbonyl (C=O) groups is 2. The molecule has 0 atom stereocenters. The van der Waals surface area contributed by atoms with Crippen LogP contribution in [-0.4, -0.2) is 24.3 Å². The summed E-state index contributed by atoms with van der Waals surface area (Å²) < 4.78 is 17.3. The summed E-state index contributed by atoms with van der Waals surface area (Å²) >= 11 is 1.47. The molecular formula is C22H23NO5S. The van der Waals surface area contributed by atoms with Gasteiger partial charge in [0.1, 0.15) is 4.88 Å². The maximum atomic E-state index is 12.2. The van der Waals surface area contributed by atoms with Crippen LogP contribution in [0.2, 0.25) is 0 Å². The minimum atomic E-state index is -0.542. The predicted octanol–water partition coefficient (Wildman–Crippen LogP) is 4.46. The second-order valence-corrected chi connectivity index (χ2v) is 9.01. The van der Waals surface area contributed by atoms with Crippen molar-refractivity contribution in [1.82, 2.24) is 0 Å². The zero-order chi connectivity index (χ0) is 19.8. The Morgan fingerprint density at radius 3 is 2.69 bits per heavy atom. The number of amides is 1. The van der Waals surface area contributed by atoms with Crippen molar-refractivity contribution < 1.29 is 23.8 Å². The summed E-state index contributed by atoms with van der Waals surface area (Å²) in [6, 6.07) is 7.25. The van der Waals surface area contributed by atoms with Crippen LogP contribution in [0.3, 0.4) is 0 Å². The number of anilines is 1. The van der Waals surface area contributed by atoms with E-state index in [4.69, 9.17) is 14.2 Å². The number of rotatable bonds is 4. The highest BCUT2D eigenvalue weighted by Gasteiger charge is 2.42. The first kappa shape index (κ1) is 18.5. The van der Waals surface area contributed by atoms with E-state index in [1.165, 1.54) is 28.2 Å². The molecule has 1 N–H and O–H groups in total. The third-order valence-electron chi connectivity index (χ3n) is 5.72. The maximum absolute atomic E-state index is 12.2. The van der Waals surface area contributed by atoms with Crippen LogP contribution in [0.15, 0.2) is 24.3 Å². The summed E-state index contributed by atoms with van der Waals surface area (Å²) in [6.45, 7) is -0.320. The van der Waals surface area contributed by atoms with Crippen LogP contribution in [0.25, 0.3) is 0 Å². The average Bonchev–Trinajstić information content (AvgIpc) is 3.39. The smallest absolute Gasteiger partial charge is 0.348 e. The number of ether oxygens (including phenoxy) is 3. The lowest BCUT2D eigenvalue weighted by Crippen LogP contribution is -2.40. The first-order chi connectivity index (χ1) is 14.1. The quantitative estimate of drug-likeness (QED) is 0.749. The van der Waals surface area contributed by atoms with E-state index in [0.717, 1.165) is 44.9 Å². The SMILES string of the molecule is O=C(COC(=O)c1cc2c(s1)CCC2)Nc1ccc2c(c1)OC1(CCCCC1)O2. The summed E-state index contributed by atoms with van der Waals surface area (Å²) in [5.41, 5.74) is 1.83. The fourth-order valence-electron chi connectivity index (χ4n) is 4.30. The molecule has 0 radical (unpaired) electrons. The highest BCUT2D eigenvalue weighted by atomic mass is 32.1. The van der Waals surface area contributed by atoms with Gasteiger partial charge in [0.15, 0.2) is 18.1 Å². The molecule has 2 aromatic rings. The fraction of sp³-hybridized carbons (Fsp3) is 0.455. The molecule has 2 heterocycles. The van der Waals surface area contributed by atoms with E-state index in [1.807, 2.05) is 12.1 Å². The second kappa shape index (κ2) is 7.37. The van der Waals surface area contributed by atoms with E-state index in [0.29, 0.717) is 22.1 Å². The van der Waals surface area contributed by atoms with Gasteiger partial charge >= 0.3 is 5.97 Å². The van der Waals surface area contributed by atoms with Gasteiger partial charge in [-0.25, -0.2) is 4.79 Å². The maximum Gasteiger partial charge on any atom is 0.348 e. The van der Waals surface area contributed by atoms with Crippen LogP contribution in [0.1, 0.15) is 58.6 Å². The first-order valence-electron chi connectivity index (χ1n) is 10.2. The highest BCUT2D eigenvalue weighted by molar-refractivity contribution is 7.14. The molecule has 0 unspecified atom stereocenters. The molecule has 0 saturated heterocycles. The second-order valence-electron chi connectivity index (χ2n) is 7.87. The Kier molecular flexibility index (Phi) is 4.70. The standard InChI is InChI=1S/C22H23NO5S/c24-20(13-26-21(25)19-11-14-5-4-6-18(14)29-19)23-15-7-8-16-17(12-15)28-22(27-16)9-2-1-3-10-22/h7-8,11-12H,1-6,9-10,13H2,(H,23,24). The van der Waals surface area contributed by atoms with Gasteiger partial charge in [-0.1, -0.05) is 6.42 Å². The summed E-state index contributed by atoms with van der Waals surface area (Å²) in [4.78, 5) is 26.3. The minimum absolute atomic E-state index is 0.320. The number of carbonyl (C=O) groups excluding carboxylic acids is 2. The number of thiophene rings is 1. The lowest BCUT2D eigenvalue weighted by Gasteiger charge is -2.31. The van der Waals surface area contributed by atoms with Gasteiger partial charge < -0.3 is 19.5 Å². The molecule has 6 nitrogen and oxygen atoms in total. The molecule has 1 spiro atoms. The first-order valence-corrected chi connectivity index (χ1v) is 11.0. The van der Waals surface area contributed by atoms with E-state index >= 15 is 0 Å². The zero-order valence-electron chi connectivity index (χ0n) is 16.1. The van der Waals surface area contributed by atoms with E-state index in [-0.39, 0.29) is 12.5 Å². The molecule has 29 heavy (non-hydrogen) atoms. The average molecular weight is 413 g/mol. The Morgan fingerprint density at radius 2 is 1.86 bits per heavy atom. The molecule has 1 fully saturated rings.